The topological polar surface area (TPSA) is 165 Å². The van der Waals surface area contributed by atoms with Gasteiger partial charge in [-0.1, -0.05) is 0 Å². The van der Waals surface area contributed by atoms with E-state index in [1.807, 2.05) is 0 Å². The number of nitrogens with two attached hydrogens (primary N) is 1. The molecule has 14 heavy (non-hydrogen) atoms. The molecule has 0 saturated heterocycles. The molecule has 0 rings (SSSR count). The molecule has 0 spiro atoms. The molecule has 0 atom stereocenters. The second kappa shape index (κ2) is 6.12. The van der Waals surface area contributed by atoms with Gasteiger partial charge in [0, 0.05) is 7.05 Å². The van der Waals surface area contributed by atoms with Crippen molar-refractivity contribution in [1.82, 2.24) is 4.90 Å². The van der Waals surface area contributed by atoms with Gasteiger partial charge in [0.1, 0.15) is 6.54 Å². The smallest absolute Gasteiger partial charge is 0.394 e. The van der Waals surface area contributed by atoms with Crippen molar-refractivity contribution in [2.24, 2.45) is 5.73 Å². The van der Waals surface area contributed by atoms with Gasteiger partial charge < -0.3 is 15.7 Å². The molecule has 0 aromatic carbocycles. The zero-order valence-corrected chi connectivity index (χ0v) is 8.02. The molecule has 0 unspecified atom stereocenters. The molecule has 0 aliphatic carbocycles. The molecule has 0 aliphatic rings. The minimum Gasteiger partial charge on any atom is -0.480 e. The highest BCUT2D eigenvalue weighted by molar-refractivity contribution is 7.79. The maximum atomic E-state index is 9.92. The average molecular weight is 229 g/mol. The van der Waals surface area contributed by atoms with Gasteiger partial charge in [0.25, 0.3) is 0 Å². The number of nitrogens with zero attached hydrogens (tertiary/aromatic N) is 1. The van der Waals surface area contributed by atoms with Crippen LogP contribution in [0.5, 0.6) is 0 Å². The Morgan fingerprint density at radius 2 is 1.79 bits per heavy atom. The zero-order chi connectivity index (χ0) is 11.9. The fraction of sp³-hybridized carbons (Fsp3) is 0.500. The Hall–Kier alpha value is -1.39. The molecule has 0 fully saturated rings. The summed E-state index contributed by atoms with van der Waals surface area (Å²) in [6.45, 7) is -0.227. The molecule has 0 heterocycles. The van der Waals surface area contributed by atoms with E-state index in [1.165, 1.54) is 7.05 Å². The molecule has 0 radical (unpaired) electrons. The summed E-state index contributed by atoms with van der Waals surface area (Å²) in [6.07, 6.45) is 0. The van der Waals surface area contributed by atoms with E-state index in [1.54, 1.807) is 0 Å². The third kappa shape index (κ3) is 22.4. The van der Waals surface area contributed by atoms with Gasteiger partial charge in [-0.3, -0.25) is 19.3 Å². The molecule has 6 N–H and O–H groups in total. The van der Waals surface area contributed by atoms with Gasteiger partial charge in [-0.2, -0.15) is 8.42 Å². The Morgan fingerprint density at radius 1 is 1.50 bits per heavy atom. The summed E-state index contributed by atoms with van der Waals surface area (Å²) < 4.78 is 31.6. The second-order valence-corrected chi connectivity index (χ2v) is 2.98. The third-order valence-corrected chi connectivity index (χ3v) is 0.784. The maximum Gasteiger partial charge on any atom is 0.394 e. The molecular formula is C4H11N3O6S. The van der Waals surface area contributed by atoms with E-state index in [2.05, 4.69) is 0 Å². The largest absolute Gasteiger partial charge is 0.480 e. The number of hydrogen-bond acceptors (Lipinski definition) is 4. The van der Waals surface area contributed by atoms with Gasteiger partial charge >= 0.3 is 16.4 Å². The van der Waals surface area contributed by atoms with E-state index in [-0.39, 0.29) is 12.5 Å². The summed E-state index contributed by atoms with van der Waals surface area (Å²) in [6, 6.07) is 0. The maximum absolute atomic E-state index is 9.92. The zero-order valence-electron chi connectivity index (χ0n) is 7.21. The molecule has 0 bridgehead atoms. The molecular weight excluding hydrogens is 218 g/mol. The molecule has 9 nitrogen and oxygen atoms in total. The fourth-order valence-electron chi connectivity index (χ4n) is 0.288. The van der Waals surface area contributed by atoms with E-state index < -0.39 is 16.4 Å². The Labute approximate surface area is 80.2 Å². The van der Waals surface area contributed by atoms with E-state index in [4.69, 9.17) is 33.8 Å². The Bertz CT molecular complexity index is 290. The summed E-state index contributed by atoms with van der Waals surface area (Å²) in [7, 11) is -3.23. The van der Waals surface area contributed by atoms with Crippen molar-refractivity contribution in [3.8, 4) is 0 Å². The first-order chi connectivity index (χ1) is 6.04. The van der Waals surface area contributed by atoms with Crippen molar-refractivity contribution < 1.29 is 27.4 Å². The van der Waals surface area contributed by atoms with E-state index >= 15 is 0 Å². The second-order valence-electron chi connectivity index (χ2n) is 2.08. The van der Waals surface area contributed by atoms with Crippen LogP contribution in [0.25, 0.3) is 0 Å². The van der Waals surface area contributed by atoms with Crippen LogP contribution in [0.15, 0.2) is 0 Å². The van der Waals surface area contributed by atoms with E-state index in [0.29, 0.717) is 0 Å². The van der Waals surface area contributed by atoms with Crippen LogP contribution in [0.4, 0.5) is 0 Å². The number of rotatable bonds is 2. The number of nitrogens with one attached hydrogen (secondary N) is 1. The highest BCUT2D eigenvalue weighted by Gasteiger charge is 2.03. The number of carbonyl (C=O) groups is 1. The lowest BCUT2D eigenvalue weighted by atomic mass is 10.6. The standard InChI is InChI=1S/C4H9N3O2.H2O4S/c1-7(4(5)6)2-3(8)9;1-5(2,3)4/h2H2,1H3,(H3,5,6)(H,8,9);(H2,1,2,3,4). The summed E-state index contributed by atoms with van der Waals surface area (Å²) in [5, 5.41) is 14.9. The van der Waals surface area contributed by atoms with Crippen molar-refractivity contribution in [2.45, 2.75) is 0 Å². The van der Waals surface area contributed by atoms with Gasteiger partial charge in [-0.15, -0.1) is 0 Å². The van der Waals surface area contributed by atoms with Crippen LogP contribution in [0.1, 0.15) is 0 Å². The first-order valence-electron chi connectivity index (χ1n) is 3.01. The van der Waals surface area contributed by atoms with Crippen molar-refractivity contribution in [3.63, 3.8) is 0 Å². The van der Waals surface area contributed by atoms with Gasteiger partial charge in [0.05, 0.1) is 0 Å². The monoisotopic (exact) mass is 229 g/mol. The number of guanidine groups is 1. The van der Waals surface area contributed by atoms with E-state index in [0.717, 1.165) is 4.90 Å². The normalized spacial score (nSPS) is 9.64. The van der Waals surface area contributed by atoms with Gasteiger partial charge in [0.2, 0.25) is 0 Å². The number of aliphatic carboxylic acids is 1. The quantitative estimate of drug-likeness (QED) is 0.211. The molecule has 10 heteroatoms. The average Bonchev–Trinajstić information content (AvgIpc) is 1.80. The lowest BCUT2D eigenvalue weighted by Gasteiger charge is -2.12. The Kier molecular flexibility index (Phi) is 6.60. The van der Waals surface area contributed by atoms with Crippen LogP contribution in [-0.2, 0) is 15.2 Å². The first-order valence-corrected chi connectivity index (χ1v) is 4.40. The Morgan fingerprint density at radius 3 is 1.86 bits per heavy atom. The van der Waals surface area contributed by atoms with Crippen LogP contribution >= 0.6 is 0 Å². The van der Waals surface area contributed by atoms with Crippen LogP contribution < -0.4 is 5.73 Å². The van der Waals surface area contributed by atoms with Crippen molar-refractivity contribution >= 4 is 22.3 Å². The molecule has 0 aromatic rings. The summed E-state index contributed by atoms with van der Waals surface area (Å²) in [5.41, 5.74) is 4.93. The molecule has 0 saturated carbocycles. The number of carboxylic acids is 1. The van der Waals surface area contributed by atoms with Gasteiger partial charge in [-0.25, -0.2) is 0 Å². The van der Waals surface area contributed by atoms with Crippen molar-refractivity contribution in [3.05, 3.63) is 0 Å². The molecule has 84 valence electrons. The summed E-state index contributed by atoms with van der Waals surface area (Å²) >= 11 is 0. The van der Waals surface area contributed by atoms with Crippen molar-refractivity contribution in [2.75, 3.05) is 13.6 Å². The first kappa shape index (κ1) is 15.1. The molecule has 0 aliphatic heterocycles. The van der Waals surface area contributed by atoms with Crippen molar-refractivity contribution in [1.29, 1.82) is 5.41 Å². The lowest BCUT2D eigenvalue weighted by Crippen LogP contribution is -2.36. The SMILES string of the molecule is CN(CC(=O)O)C(=N)N.O=S(=O)(O)O. The van der Waals surface area contributed by atoms with Crippen LogP contribution in [0.2, 0.25) is 0 Å². The number of likely N-dealkylation sites (N-methyl/N-ethyl adjacent to an activating group) is 1. The summed E-state index contributed by atoms with van der Waals surface area (Å²) in [5.74, 6) is -1.23. The number of carboxylic acid groups (broad SMARTS) is 1. The minimum atomic E-state index is -4.67. The highest BCUT2D eigenvalue weighted by atomic mass is 32.3. The Balaban J connectivity index is 0. The predicted molar refractivity (Wildman–Crippen MR) is 46.4 cm³/mol. The van der Waals surface area contributed by atoms with Crippen LogP contribution in [-0.4, -0.2) is 53.1 Å². The lowest BCUT2D eigenvalue weighted by molar-refractivity contribution is -0.137. The van der Waals surface area contributed by atoms with E-state index in [9.17, 15) is 4.79 Å². The highest BCUT2D eigenvalue weighted by Crippen LogP contribution is 1.76. The minimum absolute atomic E-state index is 0.227. The van der Waals surface area contributed by atoms with Crippen LogP contribution in [0, 0.1) is 5.41 Å². The van der Waals surface area contributed by atoms with Gasteiger partial charge in [0.15, 0.2) is 5.96 Å². The van der Waals surface area contributed by atoms with Gasteiger partial charge in [-0.05, 0) is 0 Å². The number of hydrogen-bond donors (Lipinski definition) is 5. The molecule has 0 amide bonds. The molecule has 0 aromatic heterocycles. The third-order valence-electron chi connectivity index (χ3n) is 0.784. The summed E-state index contributed by atoms with van der Waals surface area (Å²) in [4.78, 5) is 11.0. The van der Waals surface area contributed by atoms with Crippen LogP contribution in [0.3, 0.4) is 0 Å². The predicted octanol–water partition coefficient (Wildman–Crippen LogP) is -1.76. The fourth-order valence-corrected chi connectivity index (χ4v) is 0.288.